The van der Waals surface area contributed by atoms with Crippen molar-refractivity contribution in [1.29, 1.82) is 0 Å². The van der Waals surface area contributed by atoms with Crippen molar-refractivity contribution in [1.82, 2.24) is 9.97 Å². The van der Waals surface area contributed by atoms with Crippen molar-refractivity contribution in [3.63, 3.8) is 0 Å². The lowest BCUT2D eigenvalue weighted by Gasteiger charge is -2.17. The maximum Gasteiger partial charge on any atom is 0.227 e. The van der Waals surface area contributed by atoms with Crippen molar-refractivity contribution in [2.45, 2.75) is 0 Å². The summed E-state index contributed by atoms with van der Waals surface area (Å²) in [5.41, 5.74) is 2.08. The molecule has 5 heteroatoms. The highest BCUT2D eigenvalue weighted by Gasteiger charge is 2.04. The topological polar surface area (TPSA) is 41.0 Å². The standard InChI is InChI=1S/C12H13BrN4/c1-17(2)11-6-4-3-5-10(11)16-12-14-7-9(13)8-15-12/h3-8H,1-2H3,(H,14,15,16). The quantitative estimate of drug-likeness (QED) is 0.944. The Morgan fingerprint density at radius 2 is 1.76 bits per heavy atom. The molecule has 0 fully saturated rings. The van der Waals surface area contributed by atoms with Crippen molar-refractivity contribution in [2.24, 2.45) is 0 Å². The van der Waals surface area contributed by atoms with E-state index < -0.39 is 0 Å². The molecule has 0 aliphatic heterocycles. The minimum absolute atomic E-state index is 0.586. The molecule has 0 spiro atoms. The summed E-state index contributed by atoms with van der Waals surface area (Å²) < 4.78 is 0.865. The van der Waals surface area contributed by atoms with Gasteiger partial charge in [0.2, 0.25) is 5.95 Å². The summed E-state index contributed by atoms with van der Waals surface area (Å²) >= 11 is 3.31. The largest absolute Gasteiger partial charge is 0.376 e. The highest BCUT2D eigenvalue weighted by Crippen LogP contribution is 2.25. The number of hydrogen-bond acceptors (Lipinski definition) is 4. The van der Waals surface area contributed by atoms with E-state index in [1.54, 1.807) is 12.4 Å². The molecule has 17 heavy (non-hydrogen) atoms. The number of halogens is 1. The van der Waals surface area contributed by atoms with Crippen molar-refractivity contribution in [2.75, 3.05) is 24.3 Å². The number of hydrogen-bond donors (Lipinski definition) is 1. The summed E-state index contributed by atoms with van der Waals surface area (Å²) in [5, 5.41) is 3.20. The number of anilines is 3. The van der Waals surface area contributed by atoms with Crippen LogP contribution in [0.4, 0.5) is 17.3 Å². The molecule has 1 N–H and O–H groups in total. The van der Waals surface area contributed by atoms with Crippen LogP contribution in [0.3, 0.4) is 0 Å². The molecule has 0 aliphatic carbocycles. The van der Waals surface area contributed by atoms with Crippen LogP contribution in [0.1, 0.15) is 0 Å². The number of nitrogens with zero attached hydrogens (tertiary/aromatic N) is 3. The van der Waals surface area contributed by atoms with Crippen molar-refractivity contribution < 1.29 is 0 Å². The lowest BCUT2D eigenvalue weighted by molar-refractivity contribution is 1.12. The van der Waals surface area contributed by atoms with E-state index in [2.05, 4.69) is 31.2 Å². The average Bonchev–Trinajstić information content (AvgIpc) is 2.32. The van der Waals surface area contributed by atoms with Gasteiger partial charge in [-0.3, -0.25) is 0 Å². The van der Waals surface area contributed by atoms with E-state index in [1.807, 2.05) is 43.3 Å². The molecule has 0 saturated carbocycles. The van der Waals surface area contributed by atoms with E-state index in [4.69, 9.17) is 0 Å². The fraction of sp³-hybridized carbons (Fsp3) is 0.167. The minimum atomic E-state index is 0.586. The molecular formula is C12H13BrN4. The molecule has 1 aromatic heterocycles. The highest BCUT2D eigenvalue weighted by atomic mass is 79.9. The summed E-state index contributed by atoms with van der Waals surface area (Å²) in [7, 11) is 4.01. The third-order valence-corrected chi connectivity index (χ3v) is 2.66. The first-order valence-electron chi connectivity index (χ1n) is 5.18. The fourth-order valence-corrected chi connectivity index (χ4v) is 1.67. The summed E-state index contributed by atoms with van der Waals surface area (Å²) in [6.07, 6.45) is 3.43. The molecule has 4 nitrogen and oxygen atoms in total. The molecule has 0 bridgehead atoms. The Hall–Kier alpha value is -1.62. The third-order valence-electron chi connectivity index (χ3n) is 2.25. The Balaban J connectivity index is 2.26. The minimum Gasteiger partial charge on any atom is -0.376 e. The Morgan fingerprint density at radius 1 is 1.12 bits per heavy atom. The first-order chi connectivity index (χ1) is 8.16. The second kappa shape index (κ2) is 5.14. The normalized spacial score (nSPS) is 10.1. The lowest BCUT2D eigenvalue weighted by Crippen LogP contribution is -2.11. The molecule has 2 rings (SSSR count). The van der Waals surface area contributed by atoms with E-state index in [9.17, 15) is 0 Å². The van der Waals surface area contributed by atoms with Gasteiger partial charge in [-0.2, -0.15) is 0 Å². The molecular weight excluding hydrogens is 280 g/mol. The van der Waals surface area contributed by atoms with Crippen LogP contribution >= 0.6 is 15.9 Å². The molecule has 2 aromatic rings. The molecule has 0 unspecified atom stereocenters. The molecule has 0 aliphatic rings. The van der Waals surface area contributed by atoms with E-state index >= 15 is 0 Å². The van der Waals surface area contributed by atoms with Crippen LogP contribution in [-0.2, 0) is 0 Å². The average molecular weight is 293 g/mol. The van der Waals surface area contributed by atoms with Crippen molar-refractivity contribution >= 4 is 33.3 Å². The third kappa shape index (κ3) is 2.94. The zero-order valence-corrected chi connectivity index (χ0v) is 11.3. The van der Waals surface area contributed by atoms with Gasteiger partial charge < -0.3 is 10.2 Å². The molecule has 0 amide bonds. The van der Waals surface area contributed by atoms with Crippen LogP contribution in [0, 0.1) is 0 Å². The molecule has 88 valence electrons. The molecule has 0 atom stereocenters. The molecule has 0 radical (unpaired) electrons. The molecule has 0 saturated heterocycles. The first-order valence-corrected chi connectivity index (χ1v) is 5.97. The van der Waals surface area contributed by atoms with Crippen molar-refractivity contribution in [3.8, 4) is 0 Å². The molecule has 1 aromatic carbocycles. The van der Waals surface area contributed by atoms with Gasteiger partial charge in [0.1, 0.15) is 0 Å². The van der Waals surface area contributed by atoms with Crippen LogP contribution < -0.4 is 10.2 Å². The van der Waals surface area contributed by atoms with Gasteiger partial charge in [-0.1, -0.05) is 12.1 Å². The fourth-order valence-electron chi connectivity index (χ4n) is 1.47. The highest BCUT2D eigenvalue weighted by molar-refractivity contribution is 9.10. The van der Waals surface area contributed by atoms with Gasteiger partial charge in [0.15, 0.2) is 0 Å². The van der Waals surface area contributed by atoms with Crippen LogP contribution in [0.2, 0.25) is 0 Å². The van der Waals surface area contributed by atoms with Gasteiger partial charge in [0, 0.05) is 26.5 Å². The SMILES string of the molecule is CN(C)c1ccccc1Nc1ncc(Br)cn1. The summed E-state index contributed by atoms with van der Waals surface area (Å²) in [6.45, 7) is 0. The van der Waals surface area contributed by atoms with E-state index in [0.717, 1.165) is 15.8 Å². The van der Waals surface area contributed by atoms with Crippen LogP contribution in [-0.4, -0.2) is 24.1 Å². The van der Waals surface area contributed by atoms with Gasteiger partial charge >= 0.3 is 0 Å². The van der Waals surface area contributed by atoms with Gasteiger partial charge in [-0.05, 0) is 28.1 Å². The lowest BCUT2D eigenvalue weighted by atomic mass is 10.2. The first kappa shape index (κ1) is 11.9. The maximum absolute atomic E-state index is 4.19. The smallest absolute Gasteiger partial charge is 0.227 e. The van der Waals surface area contributed by atoms with Crippen LogP contribution in [0.25, 0.3) is 0 Å². The Labute approximate surface area is 109 Å². The second-order valence-electron chi connectivity index (χ2n) is 3.76. The molecule has 1 heterocycles. The van der Waals surface area contributed by atoms with Gasteiger partial charge in [0.05, 0.1) is 15.8 Å². The zero-order valence-electron chi connectivity index (χ0n) is 9.68. The van der Waals surface area contributed by atoms with E-state index in [0.29, 0.717) is 5.95 Å². The summed E-state index contributed by atoms with van der Waals surface area (Å²) in [4.78, 5) is 10.4. The van der Waals surface area contributed by atoms with Crippen molar-refractivity contribution in [3.05, 3.63) is 41.1 Å². The second-order valence-corrected chi connectivity index (χ2v) is 4.68. The predicted molar refractivity (Wildman–Crippen MR) is 73.8 cm³/mol. The summed E-state index contributed by atoms with van der Waals surface area (Å²) in [5.74, 6) is 0.586. The monoisotopic (exact) mass is 292 g/mol. The van der Waals surface area contributed by atoms with Gasteiger partial charge in [-0.25, -0.2) is 9.97 Å². The number of benzene rings is 1. The van der Waals surface area contributed by atoms with E-state index in [-0.39, 0.29) is 0 Å². The number of aromatic nitrogens is 2. The van der Waals surface area contributed by atoms with Crippen LogP contribution in [0.15, 0.2) is 41.1 Å². The van der Waals surface area contributed by atoms with Crippen LogP contribution in [0.5, 0.6) is 0 Å². The Morgan fingerprint density at radius 3 is 2.41 bits per heavy atom. The Kier molecular flexibility index (Phi) is 3.58. The van der Waals surface area contributed by atoms with Gasteiger partial charge in [0.25, 0.3) is 0 Å². The van der Waals surface area contributed by atoms with Gasteiger partial charge in [-0.15, -0.1) is 0 Å². The summed E-state index contributed by atoms with van der Waals surface area (Å²) in [6, 6.07) is 8.03. The Bertz CT molecular complexity index is 496. The predicted octanol–water partition coefficient (Wildman–Crippen LogP) is 3.05. The number of rotatable bonds is 3. The van der Waals surface area contributed by atoms with E-state index in [1.165, 1.54) is 0 Å². The maximum atomic E-state index is 4.19. The number of nitrogens with one attached hydrogen (secondary N) is 1. The zero-order chi connectivity index (χ0) is 12.3. The number of para-hydroxylation sites is 2.